The maximum absolute atomic E-state index is 14.4. The number of fused-ring (bicyclic) bond motifs is 1. The molecular weight excluding hydrogens is 654 g/mol. The van der Waals surface area contributed by atoms with E-state index in [9.17, 15) is 23.1 Å². The molecule has 0 saturated carbocycles. The van der Waals surface area contributed by atoms with E-state index in [0.717, 1.165) is 18.4 Å². The van der Waals surface area contributed by atoms with E-state index < -0.39 is 22.2 Å². The molecule has 4 atom stereocenters. The number of hydrogen-bond donors (Lipinski definition) is 2. The Bertz CT molecular complexity index is 1620. The maximum atomic E-state index is 14.4. The van der Waals surface area contributed by atoms with Gasteiger partial charge in [0.1, 0.15) is 5.75 Å². The number of amides is 2. The number of carbonyl (C=O) groups is 2. The molecule has 1 aliphatic rings. The molecule has 10 nitrogen and oxygen atoms in total. The number of benzene rings is 3. The summed E-state index contributed by atoms with van der Waals surface area (Å²) in [7, 11) is -2.34. The molecule has 0 aliphatic carbocycles. The molecule has 4 rings (SSSR count). The highest BCUT2D eigenvalue weighted by Gasteiger charge is 2.32. The van der Waals surface area contributed by atoms with Crippen molar-refractivity contribution in [3.05, 3.63) is 88.9 Å². The van der Waals surface area contributed by atoms with Crippen molar-refractivity contribution in [1.29, 1.82) is 0 Å². The Morgan fingerprint density at radius 1 is 1.08 bits per heavy atom. The predicted molar refractivity (Wildman–Crippen MR) is 187 cm³/mol. The first-order chi connectivity index (χ1) is 22.9. The van der Waals surface area contributed by atoms with Crippen molar-refractivity contribution < 1.29 is 32.6 Å². The minimum atomic E-state index is -3.84. The van der Waals surface area contributed by atoms with Gasteiger partial charge >= 0.3 is 0 Å². The second-order valence-corrected chi connectivity index (χ2v) is 14.9. The fourth-order valence-electron chi connectivity index (χ4n) is 5.59. The molecule has 0 radical (unpaired) electrons. The molecule has 48 heavy (non-hydrogen) atoms. The molecule has 0 fully saturated rings. The van der Waals surface area contributed by atoms with Gasteiger partial charge in [-0.3, -0.25) is 9.59 Å². The van der Waals surface area contributed by atoms with Gasteiger partial charge in [0.25, 0.3) is 5.91 Å². The van der Waals surface area contributed by atoms with Crippen LogP contribution in [0.2, 0.25) is 5.02 Å². The topological polar surface area (TPSA) is 125 Å². The van der Waals surface area contributed by atoms with E-state index in [1.807, 2.05) is 44.2 Å². The molecule has 1 heterocycles. The Hall–Kier alpha value is -3.48. The first-order valence-corrected chi connectivity index (χ1v) is 18.1. The van der Waals surface area contributed by atoms with Crippen molar-refractivity contribution >= 4 is 39.1 Å². The predicted octanol–water partition coefficient (Wildman–Crippen LogP) is 5.64. The number of likely N-dealkylation sites (N-methyl/N-ethyl adjacent to an activating group) is 1. The van der Waals surface area contributed by atoms with Gasteiger partial charge in [-0.15, -0.1) is 0 Å². The third kappa shape index (κ3) is 10.0. The van der Waals surface area contributed by atoms with Crippen LogP contribution in [0.5, 0.6) is 5.75 Å². The summed E-state index contributed by atoms with van der Waals surface area (Å²) in [5.41, 5.74) is 1.56. The lowest BCUT2D eigenvalue weighted by Gasteiger charge is -2.35. The van der Waals surface area contributed by atoms with Gasteiger partial charge in [-0.2, -0.15) is 4.31 Å². The van der Waals surface area contributed by atoms with Crippen molar-refractivity contribution in [2.75, 3.05) is 38.7 Å². The lowest BCUT2D eigenvalue weighted by atomic mass is 10.0. The van der Waals surface area contributed by atoms with Crippen LogP contribution in [0.3, 0.4) is 0 Å². The van der Waals surface area contributed by atoms with Crippen LogP contribution >= 0.6 is 11.6 Å². The van der Waals surface area contributed by atoms with Crippen LogP contribution in [0, 0.1) is 5.92 Å². The van der Waals surface area contributed by atoms with Crippen LogP contribution in [0.4, 0.5) is 5.69 Å². The molecular formula is C36H46ClN3O7S. The lowest BCUT2D eigenvalue weighted by molar-refractivity contribution is -0.115. The van der Waals surface area contributed by atoms with E-state index in [-0.39, 0.29) is 60.4 Å². The SMILES string of the molecule is C[C@@H]1CCCCO[C@@H](CN(C)S(=O)(=O)c2ccc(Cl)cc2)[C@H](C)CN([C@@H](C)CO)C(=O)c2cc(NC(=O)Cc3ccccc3)ccc2O1. The van der Waals surface area contributed by atoms with Crippen LogP contribution in [-0.4, -0.2) is 86.1 Å². The number of aliphatic hydroxyl groups is 1. The standard InChI is InChI=1S/C36H46ClN3O7S/c1-25-22-40(26(2)24-41)36(43)32-21-30(38-35(42)20-28-11-6-5-7-12-28)15-18-33(32)47-27(3)10-8-9-19-46-34(25)23-39(4)48(44,45)31-16-13-29(37)14-17-31/h5-7,11-18,21,25-27,34,41H,8-10,19-20,22-24H2,1-4H3,(H,38,42)/t25-,26+,27-,34+/m1/s1. The molecule has 0 spiro atoms. The third-order valence-electron chi connectivity index (χ3n) is 8.50. The van der Waals surface area contributed by atoms with E-state index >= 15 is 0 Å². The monoisotopic (exact) mass is 699 g/mol. The number of nitrogens with zero attached hydrogens (tertiary/aromatic N) is 2. The number of ether oxygens (including phenoxy) is 2. The third-order valence-corrected chi connectivity index (χ3v) is 10.6. The van der Waals surface area contributed by atoms with Gasteiger partial charge in [-0.25, -0.2) is 8.42 Å². The minimum Gasteiger partial charge on any atom is -0.490 e. The summed E-state index contributed by atoms with van der Waals surface area (Å²) >= 11 is 5.98. The van der Waals surface area contributed by atoms with Crippen LogP contribution in [0.15, 0.2) is 77.7 Å². The number of sulfonamides is 1. The van der Waals surface area contributed by atoms with Crippen LogP contribution in [0.25, 0.3) is 0 Å². The zero-order chi connectivity index (χ0) is 34.8. The largest absolute Gasteiger partial charge is 0.490 e. The van der Waals surface area contributed by atoms with Crippen molar-refractivity contribution in [2.45, 2.75) is 69.6 Å². The Morgan fingerprint density at radius 2 is 1.79 bits per heavy atom. The van der Waals surface area contributed by atoms with Gasteiger partial charge in [0.05, 0.1) is 41.7 Å². The van der Waals surface area contributed by atoms with Gasteiger partial charge in [0, 0.05) is 43.4 Å². The van der Waals surface area contributed by atoms with Gasteiger partial charge in [0.15, 0.2) is 0 Å². The molecule has 2 amide bonds. The fourth-order valence-corrected chi connectivity index (χ4v) is 6.90. The van der Waals surface area contributed by atoms with Crippen molar-refractivity contribution in [2.24, 2.45) is 5.92 Å². The smallest absolute Gasteiger partial charge is 0.258 e. The first-order valence-electron chi connectivity index (χ1n) is 16.3. The van der Waals surface area contributed by atoms with Crippen molar-refractivity contribution in [3.63, 3.8) is 0 Å². The van der Waals surface area contributed by atoms with Crippen molar-refractivity contribution in [3.8, 4) is 5.75 Å². The molecule has 2 N–H and O–H groups in total. The quantitative estimate of drug-likeness (QED) is 0.296. The second-order valence-electron chi connectivity index (χ2n) is 12.5. The number of hydrogen-bond acceptors (Lipinski definition) is 7. The highest BCUT2D eigenvalue weighted by Crippen LogP contribution is 2.29. The second kappa shape index (κ2) is 17.3. The average Bonchev–Trinajstić information content (AvgIpc) is 3.06. The summed E-state index contributed by atoms with van der Waals surface area (Å²) in [6, 6.07) is 19.8. The molecule has 0 aromatic heterocycles. The van der Waals surface area contributed by atoms with Crippen LogP contribution < -0.4 is 10.1 Å². The van der Waals surface area contributed by atoms with Gasteiger partial charge < -0.3 is 24.8 Å². The summed E-state index contributed by atoms with van der Waals surface area (Å²) in [6.45, 7) is 5.91. The molecule has 0 unspecified atom stereocenters. The van der Waals surface area contributed by atoms with Gasteiger partial charge in [-0.1, -0.05) is 48.9 Å². The Balaban J connectivity index is 1.62. The number of nitrogens with one attached hydrogen (secondary N) is 1. The Kier molecular flexibility index (Phi) is 13.4. The zero-order valence-electron chi connectivity index (χ0n) is 28.0. The van der Waals surface area contributed by atoms with Crippen molar-refractivity contribution in [1.82, 2.24) is 9.21 Å². The summed E-state index contributed by atoms with van der Waals surface area (Å²) in [4.78, 5) is 28.9. The van der Waals surface area contributed by atoms with Crippen LogP contribution in [-0.2, 0) is 26.0 Å². The lowest BCUT2D eigenvalue weighted by Crippen LogP contribution is -2.48. The molecule has 0 bridgehead atoms. The Morgan fingerprint density at radius 3 is 2.48 bits per heavy atom. The fraction of sp³-hybridized carbons (Fsp3) is 0.444. The number of aliphatic hydroxyl groups excluding tert-OH is 1. The number of rotatable bonds is 9. The van der Waals surface area contributed by atoms with Crippen LogP contribution in [0.1, 0.15) is 56.0 Å². The first kappa shape index (κ1) is 37.3. The highest BCUT2D eigenvalue weighted by molar-refractivity contribution is 7.89. The Labute approximate surface area is 289 Å². The van der Waals surface area contributed by atoms with E-state index in [0.29, 0.717) is 29.5 Å². The number of halogens is 1. The molecule has 1 aliphatic heterocycles. The zero-order valence-corrected chi connectivity index (χ0v) is 29.5. The molecule has 12 heteroatoms. The van der Waals surface area contributed by atoms with E-state index in [1.165, 1.54) is 35.6 Å². The maximum Gasteiger partial charge on any atom is 0.258 e. The van der Waals surface area contributed by atoms with Gasteiger partial charge in [0.2, 0.25) is 15.9 Å². The molecule has 260 valence electrons. The summed E-state index contributed by atoms with van der Waals surface area (Å²) < 4.78 is 40.7. The molecule has 3 aromatic carbocycles. The average molecular weight is 700 g/mol. The normalized spacial score (nSPS) is 20.4. The number of carbonyl (C=O) groups excluding carboxylic acids is 2. The van der Waals surface area contributed by atoms with Gasteiger partial charge in [-0.05, 0) is 81.1 Å². The summed E-state index contributed by atoms with van der Waals surface area (Å²) in [5.74, 6) is -0.556. The summed E-state index contributed by atoms with van der Waals surface area (Å²) in [6.07, 6.45) is 1.64. The molecule has 0 saturated heterocycles. The summed E-state index contributed by atoms with van der Waals surface area (Å²) in [5, 5.41) is 13.6. The molecule has 3 aromatic rings. The van der Waals surface area contributed by atoms with E-state index in [1.54, 1.807) is 30.0 Å². The highest BCUT2D eigenvalue weighted by atomic mass is 35.5. The minimum absolute atomic E-state index is 0.0510. The van der Waals surface area contributed by atoms with E-state index in [4.69, 9.17) is 21.1 Å². The van der Waals surface area contributed by atoms with E-state index in [2.05, 4.69) is 5.32 Å². The number of anilines is 1.